The number of aromatic amines is 1. The molecule has 1 unspecified atom stereocenters. The van der Waals surface area contributed by atoms with E-state index >= 15 is 0 Å². The van der Waals surface area contributed by atoms with Crippen molar-refractivity contribution in [2.75, 3.05) is 39.8 Å². The van der Waals surface area contributed by atoms with E-state index in [2.05, 4.69) is 15.1 Å². The number of hydrogen-bond donors (Lipinski definition) is 1. The maximum atomic E-state index is 12.9. The minimum Gasteiger partial charge on any atom is -0.342 e. The normalized spacial score (nSPS) is 24.0. The van der Waals surface area contributed by atoms with E-state index in [1.807, 2.05) is 23.0 Å². The Labute approximate surface area is 167 Å². The van der Waals surface area contributed by atoms with E-state index in [4.69, 9.17) is 0 Å². The summed E-state index contributed by atoms with van der Waals surface area (Å²) in [6.45, 7) is 3.53. The smallest absolute Gasteiger partial charge is 0.236 e. The molecule has 7 nitrogen and oxygen atoms in total. The monoisotopic (exact) mass is 387 g/mol. The summed E-state index contributed by atoms with van der Waals surface area (Å²) < 4.78 is 0. The van der Waals surface area contributed by atoms with Crippen molar-refractivity contribution in [3.05, 3.63) is 17.5 Å². The summed E-state index contributed by atoms with van der Waals surface area (Å²) in [4.78, 5) is 31.8. The van der Waals surface area contributed by atoms with E-state index in [1.165, 1.54) is 30.5 Å². The standard InChI is InChI=1S/C21H33N5O2/c1-24(18-5-3-2-4-6-18)20(27)15-25-9-11-26(12-10-25)21(28)16-7-8-19-17(13-16)14-22-23-19/h14,16,18H,2-13,15H2,1H3,(H,22,23). The molecular weight excluding hydrogens is 354 g/mol. The van der Waals surface area contributed by atoms with Crippen LogP contribution in [0.25, 0.3) is 0 Å². The summed E-state index contributed by atoms with van der Waals surface area (Å²) >= 11 is 0. The van der Waals surface area contributed by atoms with E-state index in [0.29, 0.717) is 12.6 Å². The lowest BCUT2D eigenvalue weighted by molar-refractivity contribution is -0.138. The quantitative estimate of drug-likeness (QED) is 0.849. The fourth-order valence-corrected chi connectivity index (χ4v) is 4.99. The molecule has 1 aromatic heterocycles. The molecule has 3 aliphatic rings. The fourth-order valence-electron chi connectivity index (χ4n) is 4.99. The van der Waals surface area contributed by atoms with Gasteiger partial charge in [0, 0.05) is 50.9 Å². The molecule has 154 valence electrons. The number of likely N-dealkylation sites (N-methyl/N-ethyl adjacent to an activating group) is 1. The minimum absolute atomic E-state index is 0.0794. The van der Waals surface area contributed by atoms with Crippen LogP contribution in [0.1, 0.15) is 49.8 Å². The molecule has 1 aromatic rings. The molecule has 1 saturated heterocycles. The van der Waals surface area contributed by atoms with Crippen molar-refractivity contribution in [1.29, 1.82) is 0 Å². The largest absolute Gasteiger partial charge is 0.342 e. The van der Waals surface area contributed by atoms with Gasteiger partial charge < -0.3 is 9.80 Å². The summed E-state index contributed by atoms with van der Waals surface area (Å²) in [5.74, 6) is 0.583. The maximum Gasteiger partial charge on any atom is 0.236 e. The number of aryl methyl sites for hydroxylation is 1. The number of aromatic nitrogens is 2. The lowest BCUT2D eigenvalue weighted by Gasteiger charge is -2.38. The van der Waals surface area contributed by atoms with Crippen LogP contribution in [0.3, 0.4) is 0 Å². The Kier molecular flexibility index (Phi) is 5.99. The molecule has 1 atom stereocenters. The molecule has 0 radical (unpaired) electrons. The average Bonchev–Trinajstić information content (AvgIpc) is 3.21. The van der Waals surface area contributed by atoms with Crippen molar-refractivity contribution in [1.82, 2.24) is 24.9 Å². The molecule has 7 heteroatoms. The van der Waals surface area contributed by atoms with Gasteiger partial charge in [-0.2, -0.15) is 5.10 Å². The van der Waals surface area contributed by atoms with Gasteiger partial charge in [0.1, 0.15) is 0 Å². The van der Waals surface area contributed by atoms with E-state index in [-0.39, 0.29) is 17.7 Å². The lowest BCUT2D eigenvalue weighted by atomic mass is 9.87. The second-order valence-corrected chi connectivity index (χ2v) is 8.71. The molecule has 2 heterocycles. The minimum atomic E-state index is 0.0794. The summed E-state index contributed by atoms with van der Waals surface area (Å²) in [6, 6.07) is 0.420. The van der Waals surface area contributed by atoms with Gasteiger partial charge in [0.2, 0.25) is 11.8 Å². The van der Waals surface area contributed by atoms with Gasteiger partial charge in [-0.1, -0.05) is 19.3 Å². The van der Waals surface area contributed by atoms with Crippen LogP contribution in [-0.2, 0) is 22.4 Å². The molecule has 1 saturated carbocycles. The number of nitrogens with zero attached hydrogens (tertiary/aromatic N) is 4. The van der Waals surface area contributed by atoms with Crippen LogP contribution in [-0.4, -0.2) is 82.5 Å². The molecule has 28 heavy (non-hydrogen) atoms. The first-order valence-corrected chi connectivity index (χ1v) is 10.9. The third-order valence-electron chi connectivity index (χ3n) is 6.92. The van der Waals surface area contributed by atoms with Crippen LogP contribution >= 0.6 is 0 Å². The van der Waals surface area contributed by atoms with Crippen LogP contribution in [0.5, 0.6) is 0 Å². The van der Waals surface area contributed by atoms with Crippen molar-refractivity contribution < 1.29 is 9.59 Å². The van der Waals surface area contributed by atoms with Crippen molar-refractivity contribution in [2.45, 2.75) is 57.4 Å². The molecule has 1 N–H and O–H groups in total. The predicted molar refractivity (Wildman–Crippen MR) is 107 cm³/mol. The number of H-pyrrole nitrogens is 1. The number of carbonyl (C=O) groups is 2. The molecule has 0 spiro atoms. The summed E-state index contributed by atoms with van der Waals surface area (Å²) in [5, 5.41) is 7.14. The Bertz CT molecular complexity index is 689. The highest BCUT2D eigenvalue weighted by atomic mass is 16.2. The second kappa shape index (κ2) is 8.64. The molecule has 0 bridgehead atoms. The first kappa shape index (κ1) is 19.4. The molecule has 0 aromatic carbocycles. The first-order valence-electron chi connectivity index (χ1n) is 10.9. The van der Waals surface area contributed by atoms with Crippen LogP contribution in [0.15, 0.2) is 6.20 Å². The van der Waals surface area contributed by atoms with Crippen LogP contribution < -0.4 is 0 Å². The highest BCUT2D eigenvalue weighted by Gasteiger charge is 2.32. The molecular formula is C21H33N5O2. The highest BCUT2D eigenvalue weighted by Crippen LogP contribution is 2.26. The number of piperazine rings is 1. The third-order valence-corrected chi connectivity index (χ3v) is 6.92. The topological polar surface area (TPSA) is 72.5 Å². The number of amides is 2. The van der Waals surface area contributed by atoms with Gasteiger partial charge in [-0.3, -0.25) is 19.6 Å². The Morgan fingerprint density at radius 2 is 1.89 bits per heavy atom. The van der Waals surface area contributed by atoms with E-state index in [0.717, 1.165) is 58.3 Å². The molecule has 2 fully saturated rings. The van der Waals surface area contributed by atoms with Gasteiger partial charge in [0.15, 0.2) is 0 Å². The van der Waals surface area contributed by atoms with Crippen molar-refractivity contribution in [3.63, 3.8) is 0 Å². The zero-order valence-corrected chi connectivity index (χ0v) is 17.0. The third kappa shape index (κ3) is 4.24. The Morgan fingerprint density at radius 1 is 1.14 bits per heavy atom. The van der Waals surface area contributed by atoms with Gasteiger partial charge in [0.05, 0.1) is 12.7 Å². The SMILES string of the molecule is CN(C(=O)CN1CCN(C(=O)C2CCc3[nH]ncc3C2)CC1)C1CCCCC1. The predicted octanol–water partition coefficient (Wildman–Crippen LogP) is 1.45. The average molecular weight is 388 g/mol. The number of carbonyl (C=O) groups excluding carboxylic acids is 2. The van der Waals surface area contributed by atoms with Crippen molar-refractivity contribution in [3.8, 4) is 0 Å². The van der Waals surface area contributed by atoms with Crippen LogP contribution in [0.2, 0.25) is 0 Å². The molecule has 4 rings (SSSR count). The van der Waals surface area contributed by atoms with Gasteiger partial charge in [0.25, 0.3) is 0 Å². The lowest BCUT2D eigenvalue weighted by Crippen LogP contribution is -2.53. The van der Waals surface area contributed by atoms with Gasteiger partial charge in [-0.05, 0) is 37.7 Å². The van der Waals surface area contributed by atoms with Gasteiger partial charge in [-0.25, -0.2) is 0 Å². The second-order valence-electron chi connectivity index (χ2n) is 8.71. The Balaban J connectivity index is 1.23. The number of hydrogen-bond acceptors (Lipinski definition) is 4. The Hall–Kier alpha value is -1.89. The molecule has 1 aliphatic heterocycles. The van der Waals surface area contributed by atoms with Crippen molar-refractivity contribution >= 4 is 11.8 Å². The maximum absolute atomic E-state index is 12.9. The van der Waals surface area contributed by atoms with Gasteiger partial charge in [-0.15, -0.1) is 0 Å². The summed E-state index contributed by atoms with van der Waals surface area (Å²) in [7, 11) is 1.96. The summed E-state index contributed by atoms with van der Waals surface area (Å²) in [5.41, 5.74) is 2.38. The van der Waals surface area contributed by atoms with E-state index < -0.39 is 0 Å². The van der Waals surface area contributed by atoms with Crippen LogP contribution in [0.4, 0.5) is 0 Å². The number of nitrogens with one attached hydrogen (secondary N) is 1. The summed E-state index contributed by atoms with van der Waals surface area (Å²) in [6.07, 6.45) is 10.5. The van der Waals surface area contributed by atoms with E-state index in [9.17, 15) is 9.59 Å². The van der Waals surface area contributed by atoms with Crippen molar-refractivity contribution in [2.24, 2.45) is 5.92 Å². The number of fused-ring (bicyclic) bond motifs is 1. The molecule has 2 amide bonds. The Morgan fingerprint density at radius 3 is 2.64 bits per heavy atom. The zero-order valence-electron chi connectivity index (χ0n) is 17.0. The first-order chi connectivity index (χ1) is 13.6. The van der Waals surface area contributed by atoms with Gasteiger partial charge >= 0.3 is 0 Å². The zero-order chi connectivity index (χ0) is 19.5. The number of rotatable bonds is 4. The van der Waals surface area contributed by atoms with Crippen LogP contribution in [0, 0.1) is 5.92 Å². The molecule has 2 aliphatic carbocycles. The highest BCUT2D eigenvalue weighted by molar-refractivity contribution is 5.80. The van der Waals surface area contributed by atoms with E-state index in [1.54, 1.807) is 0 Å². The fraction of sp³-hybridized carbons (Fsp3) is 0.762.